The van der Waals surface area contributed by atoms with Gasteiger partial charge in [-0.25, -0.2) is 0 Å². The van der Waals surface area contributed by atoms with Crippen molar-refractivity contribution in [3.8, 4) is 0 Å². The fraction of sp³-hybridized carbons (Fsp3) is 0.500. The number of rotatable bonds is 3. The molecule has 0 spiro atoms. The van der Waals surface area contributed by atoms with Crippen molar-refractivity contribution in [1.82, 2.24) is 4.90 Å². The number of carbonyl (C=O) groups is 1. The summed E-state index contributed by atoms with van der Waals surface area (Å²) in [6.07, 6.45) is 0. The molecule has 4 heteroatoms. The second kappa shape index (κ2) is 4.03. The molecule has 0 aromatic rings. The highest BCUT2D eigenvalue weighted by molar-refractivity contribution is 5.92. The third kappa shape index (κ3) is 2.16. The van der Waals surface area contributed by atoms with Gasteiger partial charge in [0.1, 0.15) is 0 Å². The Bertz CT molecular complexity index is 140. The van der Waals surface area contributed by atoms with Gasteiger partial charge in [-0.05, 0) is 6.92 Å². The molecule has 0 aliphatic rings. The molecule has 4 N–H and O–H groups in total. The second-order valence-electron chi connectivity index (χ2n) is 1.99. The van der Waals surface area contributed by atoms with E-state index in [1.807, 2.05) is 0 Å². The van der Waals surface area contributed by atoms with Gasteiger partial charge in [-0.2, -0.15) is 0 Å². The molecule has 0 aromatic heterocycles. The maximum Gasteiger partial charge on any atom is 0.250 e. The molecule has 1 amide bonds. The van der Waals surface area contributed by atoms with Crippen LogP contribution in [0.15, 0.2) is 12.2 Å². The third-order valence-corrected chi connectivity index (χ3v) is 1.09. The summed E-state index contributed by atoms with van der Waals surface area (Å²) in [5, 5.41) is 0. The minimum Gasteiger partial charge on any atom is -0.314 e. The molecule has 0 bridgehead atoms. The summed E-state index contributed by atoms with van der Waals surface area (Å²) in [5.41, 5.74) is 10.9. The van der Waals surface area contributed by atoms with Crippen LogP contribution in [-0.4, -0.2) is 24.1 Å². The van der Waals surface area contributed by atoms with Crippen molar-refractivity contribution in [2.75, 3.05) is 13.3 Å². The molecule has 0 unspecified atom stereocenters. The summed E-state index contributed by atoms with van der Waals surface area (Å²) >= 11 is 0. The Kier molecular flexibility index (Phi) is 3.68. The maximum atomic E-state index is 11.0. The first kappa shape index (κ1) is 9.13. The van der Waals surface area contributed by atoms with E-state index < -0.39 is 0 Å². The van der Waals surface area contributed by atoms with Crippen LogP contribution in [0.5, 0.6) is 0 Å². The number of amides is 1. The summed E-state index contributed by atoms with van der Waals surface area (Å²) in [4.78, 5) is 12.3. The number of carbonyl (C=O) groups excluding carboxylic acids is 1. The monoisotopic (exact) mass is 143 g/mol. The van der Waals surface area contributed by atoms with Crippen LogP contribution in [0.3, 0.4) is 0 Å². The van der Waals surface area contributed by atoms with Gasteiger partial charge in [-0.3, -0.25) is 4.79 Å². The van der Waals surface area contributed by atoms with Crippen LogP contribution in [0.25, 0.3) is 0 Å². The smallest absolute Gasteiger partial charge is 0.250 e. The SMILES string of the molecule is C=C(C)C(=O)N(CN)CN. The Balaban J connectivity index is 4.02. The molecule has 0 saturated carbocycles. The van der Waals surface area contributed by atoms with E-state index in [0.29, 0.717) is 5.57 Å². The first-order chi connectivity index (χ1) is 4.63. The van der Waals surface area contributed by atoms with Crippen molar-refractivity contribution in [2.45, 2.75) is 6.92 Å². The average molecular weight is 143 g/mol. The van der Waals surface area contributed by atoms with Crippen LogP contribution >= 0.6 is 0 Å². The molecule has 58 valence electrons. The van der Waals surface area contributed by atoms with Gasteiger partial charge in [0.05, 0.1) is 13.3 Å². The van der Waals surface area contributed by atoms with E-state index in [1.165, 1.54) is 4.90 Å². The Morgan fingerprint density at radius 2 is 1.90 bits per heavy atom. The summed E-state index contributed by atoms with van der Waals surface area (Å²) < 4.78 is 0. The maximum absolute atomic E-state index is 11.0. The van der Waals surface area contributed by atoms with Crippen LogP contribution in [0.1, 0.15) is 6.92 Å². The highest BCUT2D eigenvalue weighted by Crippen LogP contribution is 1.93. The molecule has 0 fully saturated rings. The zero-order valence-corrected chi connectivity index (χ0v) is 6.13. The van der Waals surface area contributed by atoms with E-state index in [-0.39, 0.29) is 19.2 Å². The lowest BCUT2D eigenvalue weighted by molar-refractivity contribution is -0.126. The topological polar surface area (TPSA) is 72.3 Å². The molecule has 0 aliphatic carbocycles. The second-order valence-corrected chi connectivity index (χ2v) is 1.99. The molecular weight excluding hydrogens is 130 g/mol. The zero-order chi connectivity index (χ0) is 8.15. The Morgan fingerprint density at radius 1 is 1.50 bits per heavy atom. The number of nitrogens with zero attached hydrogens (tertiary/aromatic N) is 1. The Hall–Kier alpha value is -0.870. The molecule has 0 rings (SSSR count). The predicted molar refractivity (Wildman–Crippen MR) is 39.8 cm³/mol. The molecule has 0 atom stereocenters. The van der Waals surface area contributed by atoms with Crippen molar-refractivity contribution in [3.63, 3.8) is 0 Å². The van der Waals surface area contributed by atoms with Gasteiger partial charge >= 0.3 is 0 Å². The highest BCUT2D eigenvalue weighted by atomic mass is 16.2. The number of hydrogen-bond acceptors (Lipinski definition) is 3. The van der Waals surface area contributed by atoms with Gasteiger partial charge in [0.2, 0.25) is 0 Å². The molecule has 0 radical (unpaired) electrons. The van der Waals surface area contributed by atoms with Gasteiger partial charge in [-0.1, -0.05) is 6.58 Å². The van der Waals surface area contributed by atoms with Crippen LogP contribution in [0, 0.1) is 0 Å². The fourth-order valence-corrected chi connectivity index (χ4v) is 0.510. The van der Waals surface area contributed by atoms with E-state index >= 15 is 0 Å². The minimum absolute atomic E-state index is 0.141. The van der Waals surface area contributed by atoms with Crippen molar-refractivity contribution in [1.29, 1.82) is 0 Å². The average Bonchev–Trinajstić information content (AvgIpc) is 1.90. The lowest BCUT2D eigenvalue weighted by atomic mass is 10.3. The van der Waals surface area contributed by atoms with Crippen molar-refractivity contribution in [3.05, 3.63) is 12.2 Å². The van der Waals surface area contributed by atoms with Crippen molar-refractivity contribution < 1.29 is 4.79 Å². The van der Waals surface area contributed by atoms with E-state index in [4.69, 9.17) is 11.5 Å². The predicted octanol–water partition coefficient (Wildman–Crippen LogP) is -0.776. The fourth-order valence-electron chi connectivity index (χ4n) is 0.510. The lowest BCUT2D eigenvalue weighted by Crippen LogP contribution is -2.40. The van der Waals surface area contributed by atoms with Crippen LogP contribution in [0.2, 0.25) is 0 Å². The molecule has 0 aromatic carbocycles. The zero-order valence-electron chi connectivity index (χ0n) is 6.13. The first-order valence-electron chi connectivity index (χ1n) is 2.98. The van der Waals surface area contributed by atoms with Gasteiger partial charge in [-0.15, -0.1) is 0 Å². The molecular formula is C6H13N3O. The van der Waals surface area contributed by atoms with Crippen molar-refractivity contribution in [2.24, 2.45) is 11.5 Å². The van der Waals surface area contributed by atoms with E-state index in [9.17, 15) is 4.79 Å². The molecule has 0 heterocycles. The minimum atomic E-state index is -0.190. The standard InChI is InChI=1S/C6H13N3O/c1-5(2)6(10)9(3-7)4-8/h1,3-4,7-8H2,2H3. The summed E-state index contributed by atoms with van der Waals surface area (Å²) in [6.45, 7) is 5.38. The molecule has 4 nitrogen and oxygen atoms in total. The number of hydrogen-bond donors (Lipinski definition) is 2. The summed E-state index contributed by atoms with van der Waals surface area (Å²) in [7, 11) is 0. The quantitative estimate of drug-likeness (QED) is 0.402. The Morgan fingerprint density at radius 3 is 2.00 bits per heavy atom. The normalized spacial score (nSPS) is 9.10. The molecule has 0 saturated heterocycles. The summed E-state index contributed by atoms with van der Waals surface area (Å²) in [5.74, 6) is -0.190. The largest absolute Gasteiger partial charge is 0.314 e. The Labute approximate surface area is 60.5 Å². The van der Waals surface area contributed by atoms with Gasteiger partial charge in [0.25, 0.3) is 5.91 Å². The van der Waals surface area contributed by atoms with Gasteiger partial charge < -0.3 is 16.4 Å². The molecule has 0 aliphatic heterocycles. The van der Waals surface area contributed by atoms with Gasteiger partial charge in [0.15, 0.2) is 0 Å². The molecule has 10 heavy (non-hydrogen) atoms. The summed E-state index contributed by atoms with van der Waals surface area (Å²) in [6, 6.07) is 0. The van der Waals surface area contributed by atoms with E-state index in [2.05, 4.69) is 6.58 Å². The van der Waals surface area contributed by atoms with Crippen LogP contribution in [-0.2, 0) is 4.79 Å². The lowest BCUT2D eigenvalue weighted by Gasteiger charge is -2.17. The van der Waals surface area contributed by atoms with E-state index in [0.717, 1.165) is 0 Å². The van der Waals surface area contributed by atoms with Crippen LogP contribution < -0.4 is 11.5 Å². The van der Waals surface area contributed by atoms with Crippen molar-refractivity contribution >= 4 is 5.91 Å². The number of nitrogens with two attached hydrogens (primary N) is 2. The first-order valence-corrected chi connectivity index (χ1v) is 2.98. The van der Waals surface area contributed by atoms with Gasteiger partial charge in [0, 0.05) is 5.57 Å². The highest BCUT2D eigenvalue weighted by Gasteiger charge is 2.08. The third-order valence-electron chi connectivity index (χ3n) is 1.09. The van der Waals surface area contributed by atoms with Crippen LogP contribution in [0.4, 0.5) is 0 Å². The van der Waals surface area contributed by atoms with E-state index in [1.54, 1.807) is 6.92 Å².